The number of aldehydes is 1. The minimum Gasteiger partial charge on any atom is -0.461 e. The molecule has 0 N–H and O–H groups in total. The topological polar surface area (TPSA) is 61.2 Å². The molecule has 5 heteroatoms. The number of hydrogen-bond acceptors (Lipinski definition) is 4. The first kappa shape index (κ1) is 14.0. The predicted molar refractivity (Wildman–Crippen MR) is 82.4 cm³/mol. The van der Waals surface area contributed by atoms with Crippen molar-refractivity contribution >= 4 is 23.0 Å². The molecule has 0 bridgehead atoms. The molecule has 0 aliphatic rings. The highest BCUT2D eigenvalue weighted by Gasteiger charge is 2.18. The monoisotopic (exact) mass is 294 g/mol. The van der Waals surface area contributed by atoms with Crippen molar-refractivity contribution in [3.8, 4) is 5.69 Å². The van der Waals surface area contributed by atoms with Gasteiger partial charge in [-0.25, -0.2) is 9.48 Å². The Balaban J connectivity index is 2.15. The molecule has 22 heavy (non-hydrogen) atoms. The highest BCUT2D eigenvalue weighted by atomic mass is 16.5. The summed E-state index contributed by atoms with van der Waals surface area (Å²) in [6, 6.07) is 13.6. The van der Waals surface area contributed by atoms with Crippen LogP contribution in [0, 0.1) is 0 Å². The number of hydrogen-bond donors (Lipinski definition) is 0. The molecule has 110 valence electrons. The Morgan fingerprint density at radius 2 is 2.00 bits per heavy atom. The number of benzene rings is 2. The third-order valence-electron chi connectivity index (χ3n) is 3.35. The maximum absolute atomic E-state index is 11.9. The Bertz CT molecular complexity index is 847. The molecule has 0 radical (unpaired) electrons. The van der Waals surface area contributed by atoms with E-state index in [0.717, 1.165) is 16.5 Å². The van der Waals surface area contributed by atoms with Gasteiger partial charge < -0.3 is 4.74 Å². The summed E-state index contributed by atoms with van der Waals surface area (Å²) in [6.07, 6.45) is 2.15. The molecule has 0 saturated heterocycles. The zero-order chi connectivity index (χ0) is 15.5. The van der Waals surface area contributed by atoms with Gasteiger partial charge in [0.15, 0.2) is 12.0 Å². The summed E-state index contributed by atoms with van der Waals surface area (Å²) in [5, 5.41) is 6.27. The molecule has 1 heterocycles. The second-order valence-corrected chi connectivity index (χ2v) is 4.71. The van der Waals surface area contributed by atoms with Crippen molar-refractivity contribution in [1.29, 1.82) is 0 Å². The molecule has 0 unspecified atom stereocenters. The smallest absolute Gasteiger partial charge is 0.359 e. The van der Waals surface area contributed by atoms with Crippen molar-refractivity contribution in [2.45, 2.75) is 6.92 Å². The molecule has 0 spiro atoms. The van der Waals surface area contributed by atoms with Gasteiger partial charge in [0, 0.05) is 11.6 Å². The summed E-state index contributed by atoms with van der Waals surface area (Å²) in [5.74, 6) is -0.594. The number of fused-ring (bicyclic) bond motifs is 1. The van der Waals surface area contributed by atoms with Crippen LogP contribution in [-0.2, 0) is 4.74 Å². The van der Waals surface area contributed by atoms with Crippen LogP contribution in [0.1, 0.15) is 27.8 Å². The molecule has 5 nitrogen and oxygen atoms in total. The van der Waals surface area contributed by atoms with Crippen molar-refractivity contribution in [2.75, 3.05) is 6.61 Å². The van der Waals surface area contributed by atoms with Gasteiger partial charge in [0.05, 0.1) is 17.9 Å². The number of ether oxygens (including phenoxy) is 1. The third kappa shape index (κ3) is 2.37. The average molecular weight is 294 g/mol. The molecular formula is C17H14N2O3. The third-order valence-corrected chi connectivity index (χ3v) is 3.35. The lowest BCUT2D eigenvalue weighted by atomic mass is 10.1. The van der Waals surface area contributed by atoms with Crippen LogP contribution in [0.4, 0.5) is 0 Å². The Kier molecular flexibility index (Phi) is 3.70. The van der Waals surface area contributed by atoms with Crippen molar-refractivity contribution in [3.63, 3.8) is 0 Å². The van der Waals surface area contributed by atoms with E-state index in [9.17, 15) is 9.59 Å². The maximum atomic E-state index is 11.9. The fourth-order valence-electron chi connectivity index (χ4n) is 2.36. The van der Waals surface area contributed by atoms with Crippen molar-refractivity contribution in [3.05, 3.63) is 59.9 Å². The van der Waals surface area contributed by atoms with E-state index in [4.69, 9.17) is 4.74 Å². The molecule has 0 amide bonds. The number of nitrogens with zero attached hydrogens (tertiary/aromatic N) is 2. The molecular weight excluding hydrogens is 280 g/mol. The Morgan fingerprint density at radius 1 is 1.23 bits per heavy atom. The normalized spacial score (nSPS) is 10.6. The predicted octanol–water partition coefficient (Wildman–Crippen LogP) is 3.01. The molecule has 1 aromatic heterocycles. The van der Waals surface area contributed by atoms with Gasteiger partial charge in [-0.2, -0.15) is 5.10 Å². The lowest BCUT2D eigenvalue weighted by Crippen LogP contribution is -2.08. The summed E-state index contributed by atoms with van der Waals surface area (Å²) in [7, 11) is 0. The Labute approximate surface area is 127 Å². The largest absolute Gasteiger partial charge is 0.461 e. The van der Waals surface area contributed by atoms with Crippen LogP contribution in [0.5, 0.6) is 0 Å². The lowest BCUT2D eigenvalue weighted by Gasteiger charge is -2.06. The zero-order valence-electron chi connectivity index (χ0n) is 12.0. The minimum absolute atomic E-state index is 0.0322. The molecule has 0 aliphatic carbocycles. The molecule has 3 rings (SSSR count). The number of carbonyl (C=O) groups excluding carboxylic acids is 2. The van der Waals surface area contributed by atoms with E-state index in [0.29, 0.717) is 6.29 Å². The van der Waals surface area contributed by atoms with Crippen LogP contribution in [0.2, 0.25) is 0 Å². The van der Waals surface area contributed by atoms with E-state index in [1.165, 1.54) is 0 Å². The molecule has 0 fully saturated rings. The van der Waals surface area contributed by atoms with Gasteiger partial charge in [0.1, 0.15) is 0 Å². The highest BCUT2D eigenvalue weighted by Crippen LogP contribution is 2.22. The first-order valence-electron chi connectivity index (χ1n) is 6.94. The molecule has 0 aliphatic heterocycles. The summed E-state index contributed by atoms with van der Waals surface area (Å²) < 4.78 is 6.47. The van der Waals surface area contributed by atoms with Crippen LogP contribution in [0.25, 0.3) is 16.5 Å². The average Bonchev–Trinajstić information content (AvgIpc) is 2.99. The van der Waals surface area contributed by atoms with Crippen LogP contribution in [0.15, 0.2) is 48.7 Å². The standard InChI is InChI=1S/C17H14N2O3/c1-2-22-17(21)16-13(11-20)10-19(18-16)15-9-5-7-12-6-3-4-8-14(12)15/h3-11H,2H2,1H3. The van der Waals surface area contributed by atoms with Gasteiger partial charge in [-0.15, -0.1) is 0 Å². The van der Waals surface area contributed by atoms with E-state index >= 15 is 0 Å². The quantitative estimate of drug-likeness (QED) is 0.548. The van der Waals surface area contributed by atoms with Crippen LogP contribution in [-0.4, -0.2) is 28.6 Å². The summed E-state index contributed by atoms with van der Waals surface area (Å²) in [6.45, 7) is 1.94. The van der Waals surface area contributed by atoms with E-state index in [1.807, 2.05) is 42.5 Å². The highest BCUT2D eigenvalue weighted by molar-refractivity contribution is 5.97. The van der Waals surface area contributed by atoms with E-state index < -0.39 is 5.97 Å². The number of rotatable bonds is 4. The number of esters is 1. The molecule has 0 saturated carbocycles. The van der Waals surface area contributed by atoms with Gasteiger partial charge >= 0.3 is 5.97 Å². The first-order valence-corrected chi connectivity index (χ1v) is 6.94. The summed E-state index contributed by atoms with van der Waals surface area (Å²) in [4.78, 5) is 23.1. The number of aromatic nitrogens is 2. The van der Waals surface area contributed by atoms with E-state index in [-0.39, 0.29) is 17.9 Å². The zero-order valence-corrected chi connectivity index (χ0v) is 12.0. The van der Waals surface area contributed by atoms with Crippen LogP contribution >= 0.6 is 0 Å². The van der Waals surface area contributed by atoms with Gasteiger partial charge in [-0.1, -0.05) is 36.4 Å². The Hall–Kier alpha value is -2.95. The van der Waals surface area contributed by atoms with Crippen molar-refractivity contribution < 1.29 is 14.3 Å². The second-order valence-electron chi connectivity index (χ2n) is 4.71. The van der Waals surface area contributed by atoms with Gasteiger partial charge in [0.2, 0.25) is 0 Å². The van der Waals surface area contributed by atoms with Gasteiger partial charge in [0.25, 0.3) is 0 Å². The lowest BCUT2D eigenvalue weighted by molar-refractivity contribution is 0.0517. The minimum atomic E-state index is -0.594. The van der Waals surface area contributed by atoms with E-state index in [2.05, 4.69) is 5.10 Å². The van der Waals surface area contributed by atoms with Gasteiger partial charge in [-0.3, -0.25) is 4.79 Å². The molecule has 0 atom stereocenters. The maximum Gasteiger partial charge on any atom is 0.359 e. The van der Waals surface area contributed by atoms with Gasteiger partial charge in [-0.05, 0) is 18.4 Å². The van der Waals surface area contributed by atoms with Crippen LogP contribution in [0.3, 0.4) is 0 Å². The second kappa shape index (κ2) is 5.81. The SMILES string of the molecule is CCOC(=O)c1nn(-c2cccc3ccccc23)cc1C=O. The van der Waals surface area contributed by atoms with Crippen molar-refractivity contribution in [2.24, 2.45) is 0 Å². The fourth-order valence-corrected chi connectivity index (χ4v) is 2.36. The molecule has 3 aromatic rings. The molecule has 2 aromatic carbocycles. The fraction of sp³-hybridized carbons (Fsp3) is 0.118. The first-order chi connectivity index (χ1) is 10.7. The van der Waals surface area contributed by atoms with E-state index in [1.54, 1.807) is 17.8 Å². The summed E-state index contributed by atoms with van der Waals surface area (Å²) in [5.41, 5.74) is 1.05. The number of carbonyl (C=O) groups is 2. The summed E-state index contributed by atoms with van der Waals surface area (Å²) >= 11 is 0. The van der Waals surface area contributed by atoms with Crippen molar-refractivity contribution in [1.82, 2.24) is 9.78 Å². The van der Waals surface area contributed by atoms with Crippen LogP contribution < -0.4 is 0 Å². The Morgan fingerprint density at radius 3 is 2.77 bits per heavy atom.